The molecule has 0 aliphatic rings. The standard InChI is InChI=1S/C21H19ClN4O2S/c1-2-10-26-19(27)15-9-8-14(22)13-17(15)24-21(26)29-12-5-11-25-18-7-4-3-6-16(18)23-20(25)28/h2-4,6-9,13H,1,5,10-12H2,(H,23,28). The second-order valence-corrected chi connectivity index (χ2v) is 8.06. The summed E-state index contributed by atoms with van der Waals surface area (Å²) < 4.78 is 3.35. The lowest BCUT2D eigenvalue weighted by molar-refractivity contribution is 0.662. The maximum Gasteiger partial charge on any atom is 0.326 e. The van der Waals surface area contributed by atoms with Crippen molar-refractivity contribution in [2.24, 2.45) is 0 Å². The molecule has 6 nitrogen and oxygen atoms in total. The smallest absolute Gasteiger partial charge is 0.306 e. The van der Waals surface area contributed by atoms with Gasteiger partial charge >= 0.3 is 5.69 Å². The van der Waals surface area contributed by atoms with Crippen LogP contribution in [0.25, 0.3) is 21.9 Å². The molecule has 0 bridgehead atoms. The summed E-state index contributed by atoms with van der Waals surface area (Å²) in [5.41, 5.74) is 2.08. The van der Waals surface area contributed by atoms with E-state index < -0.39 is 0 Å². The highest BCUT2D eigenvalue weighted by atomic mass is 35.5. The monoisotopic (exact) mass is 426 g/mol. The fourth-order valence-corrected chi connectivity index (χ4v) is 4.39. The fraction of sp³-hybridized carbons (Fsp3) is 0.190. The summed E-state index contributed by atoms with van der Waals surface area (Å²) in [7, 11) is 0. The van der Waals surface area contributed by atoms with Crippen LogP contribution in [0, 0.1) is 0 Å². The van der Waals surface area contributed by atoms with E-state index in [2.05, 4.69) is 16.5 Å². The number of halogens is 1. The van der Waals surface area contributed by atoms with Crippen molar-refractivity contribution in [1.29, 1.82) is 0 Å². The van der Waals surface area contributed by atoms with E-state index in [-0.39, 0.29) is 11.2 Å². The Balaban J connectivity index is 1.55. The number of allylic oxidation sites excluding steroid dienone is 1. The number of benzene rings is 2. The second kappa shape index (κ2) is 8.31. The summed E-state index contributed by atoms with van der Waals surface area (Å²) in [4.78, 5) is 32.5. The van der Waals surface area contributed by atoms with Gasteiger partial charge in [0.2, 0.25) is 0 Å². The van der Waals surface area contributed by atoms with Gasteiger partial charge in [-0.15, -0.1) is 6.58 Å². The van der Waals surface area contributed by atoms with Gasteiger partial charge in [-0.25, -0.2) is 9.78 Å². The normalized spacial score (nSPS) is 11.3. The molecule has 8 heteroatoms. The molecule has 0 saturated carbocycles. The van der Waals surface area contributed by atoms with Crippen LogP contribution in [0.15, 0.2) is 69.9 Å². The largest absolute Gasteiger partial charge is 0.326 e. The van der Waals surface area contributed by atoms with E-state index in [1.165, 1.54) is 11.8 Å². The first-order chi connectivity index (χ1) is 14.1. The third kappa shape index (κ3) is 3.88. The van der Waals surface area contributed by atoms with Crippen molar-refractivity contribution < 1.29 is 0 Å². The lowest BCUT2D eigenvalue weighted by Crippen LogP contribution is -2.23. The van der Waals surface area contributed by atoms with Crippen molar-refractivity contribution in [2.75, 3.05) is 5.75 Å². The molecule has 2 aromatic carbocycles. The van der Waals surface area contributed by atoms with Crippen molar-refractivity contribution in [3.05, 3.63) is 81.0 Å². The number of hydrogen-bond acceptors (Lipinski definition) is 4. The molecule has 2 heterocycles. The minimum Gasteiger partial charge on any atom is -0.306 e. The number of aryl methyl sites for hydroxylation is 1. The highest BCUT2D eigenvalue weighted by Gasteiger charge is 2.12. The van der Waals surface area contributed by atoms with Gasteiger partial charge in [-0.3, -0.25) is 13.9 Å². The Morgan fingerprint density at radius 2 is 2.00 bits per heavy atom. The molecule has 4 rings (SSSR count). The van der Waals surface area contributed by atoms with E-state index in [4.69, 9.17) is 11.6 Å². The Morgan fingerprint density at radius 3 is 2.83 bits per heavy atom. The van der Waals surface area contributed by atoms with E-state index in [9.17, 15) is 9.59 Å². The van der Waals surface area contributed by atoms with Gasteiger partial charge in [-0.1, -0.05) is 41.6 Å². The molecule has 0 aliphatic carbocycles. The van der Waals surface area contributed by atoms with Gasteiger partial charge in [0.25, 0.3) is 5.56 Å². The Morgan fingerprint density at radius 1 is 1.17 bits per heavy atom. The second-order valence-electron chi connectivity index (χ2n) is 6.56. The molecule has 0 saturated heterocycles. The SMILES string of the molecule is C=CCn1c(SCCCn2c(=O)[nH]c3ccccc32)nc2cc(Cl)ccc2c1=O. The van der Waals surface area contributed by atoms with Crippen molar-refractivity contribution in [1.82, 2.24) is 19.1 Å². The van der Waals surface area contributed by atoms with Gasteiger partial charge < -0.3 is 4.98 Å². The van der Waals surface area contributed by atoms with Gasteiger partial charge in [-0.2, -0.15) is 0 Å². The lowest BCUT2D eigenvalue weighted by Gasteiger charge is -2.11. The summed E-state index contributed by atoms with van der Waals surface area (Å²) in [6, 6.07) is 12.7. The summed E-state index contributed by atoms with van der Waals surface area (Å²) >= 11 is 7.55. The fourth-order valence-electron chi connectivity index (χ4n) is 3.29. The number of hydrogen-bond donors (Lipinski definition) is 1. The number of aromatic nitrogens is 4. The molecule has 0 fully saturated rings. The molecule has 0 aliphatic heterocycles. The minimum atomic E-state index is -0.113. The highest BCUT2D eigenvalue weighted by Crippen LogP contribution is 2.21. The number of nitrogens with one attached hydrogen (secondary N) is 1. The molecule has 0 amide bonds. The number of H-pyrrole nitrogens is 1. The Labute approximate surface area is 175 Å². The molecule has 148 valence electrons. The zero-order valence-electron chi connectivity index (χ0n) is 15.6. The summed E-state index contributed by atoms with van der Waals surface area (Å²) in [6.07, 6.45) is 2.43. The predicted octanol–water partition coefficient (Wildman–Crippen LogP) is 4.06. The molecule has 2 aromatic heterocycles. The number of thioether (sulfide) groups is 1. The number of aromatic amines is 1. The van der Waals surface area contributed by atoms with Gasteiger partial charge in [-0.05, 0) is 36.8 Å². The minimum absolute atomic E-state index is 0.109. The Hall–Kier alpha value is -2.77. The van der Waals surface area contributed by atoms with E-state index in [0.29, 0.717) is 39.9 Å². The van der Waals surface area contributed by atoms with E-state index >= 15 is 0 Å². The summed E-state index contributed by atoms with van der Waals surface area (Å²) in [5, 5.41) is 1.70. The van der Waals surface area contributed by atoms with Crippen LogP contribution in [0.4, 0.5) is 0 Å². The van der Waals surface area contributed by atoms with Crippen LogP contribution >= 0.6 is 23.4 Å². The number of para-hydroxylation sites is 2. The van der Waals surface area contributed by atoms with Crippen molar-refractivity contribution >= 4 is 45.3 Å². The highest BCUT2D eigenvalue weighted by molar-refractivity contribution is 7.99. The zero-order chi connectivity index (χ0) is 20.4. The van der Waals surface area contributed by atoms with Crippen LogP contribution < -0.4 is 11.2 Å². The quantitative estimate of drug-likeness (QED) is 0.209. The van der Waals surface area contributed by atoms with Gasteiger partial charge in [0.1, 0.15) is 0 Å². The third-order valence-corrected chi connectivity index (χ3v) is 5.93. The van der Waals surface area contributed by atoms with Crippen molar-refractivity contribution in [3.63, 3.8) is 0 Å². The zero-order valence-corrected chi connectivity index (χ0v) is 17.2. The van der Waals surface area contributed by atoms with Crippen LogP contribution in [-0.4, -0.2) is 24.9 Å². The topological polar surface area (TPSA) is 72.7 Å². The molecular weight excluding hydrogens is 408 g/mol. The molecule has 0 unspecified atom stereocenters. The summed E-state index contributed by atoms with van der Waals surface area (Å²) in [6.45, 7) is 4.71. The number of rotatable bonds is 7. The molecule has 29 heavy (non-hydrogen) atoms. The van der Waals surface area contributed by atoms with E-state index in [0.717, 1.165) is 17.5 Å². The molecule has 4 aromatic rings. The maximum absolute atomic E-state index is 12.8. The maximum atomic E-state index is 12.8. The molecule has 0 radical (unpaired) electrons. The first-order valence-electron chi connectivity index (χ1n) is 9.20. The van der Waals surface area contributed by atoms with Gasteiger partial charge in [0.05, 0.1) is 21.9 Å². The number of nitrogens with zero attached hydrogens (tertiary/aromatic N) is 3. The van der Waals surface area contributed by atoms with Crippen LogP contribution in [0.3, 0.4) is 0 Å². The predicted molar refractivity (Wildman–Crippen MR) is 119 cm³/mol. The van der Waals surface area contributed by atoms with Crippen LogP contribution in [0.1, 0.15) is 6.42 Å². The average Bonchev–Trinajstić information content (AvgIpc) is 3.03. The van der Waals surface area contributed by atoms with Gasteiger partial charge in [0, 0.05) is 23.9 Å². The third-order valence-electron chi connectivity index (χ3n) is 4.63. The number of fused-ring (bicyclic) bond motifs is 2. The first-order valence-corrected chi connectivity index (χ1v) is 10.6. The van der Waals surface area contributed by atoms with Crippen molar-refractivity contribution in [3.8, 4) is 0 Å². The van der Waals surface area contributed by atoms with Crippen LogP contribution in [0.5, 0.6) is 0 Å². The molecular formula is C21H19ClN4O2S. The first kappa shape index (κ1) is 19.5. The van der Waals surface area contributed by atoms with Crippen LogP contribution in [0.2, 0.25) is 5.02 Å². The lowest BCUT2D eigenvalue weighted by atomic mass is 10.2. The Kier molecular flexibility index (Phi) is 5.60. The van der Waals surface area contributed by atoms with E-state index in [1.54, 1.807) is 33.4 Å². The van der Waals surface area contributed by atoms with Crippen molar-refractivity contribution in [2.45, 2.75) is 24.7 Å². The average molecular weight is 427 g/mol. The molecule has 1 N–H and O–H groups in total. The Bertz CT molecular complexity index is 1320. The number of imidazole rings is 1. The summed E-state index contributed by atoms with van der Waals surface area (Å²) in [5.74, 6) is 0.710. The molecule has 0 atom stereocenters. The van der Waals surface area contributed by atoms with Gasteiger partial charge in [0.15, 0.2) is 5.16 Å². The van der Waals surface area contributed by atoms with E-state index in [1.807, 2.05) is 24.3 Å². The molecule has 0 spiro atoms. The van der Waals surface area contributed by atoms with Crippen LogP contribution in [-0.2, 0) is 13.1 Å².